The van der Waals surface area contributed by atoms with Gasteiger partial charge in [0.25, 0.3) is 5.91 Å². The first-order valence-electron chi connectivity index (χ1n) is 8.32. The number of nitrogens with zero attached hydrogens (tertiary/aromatic N) is 2. The first-order valence-corrected chi connectivity index (χ1v) is 9.90. The SMILES string of the molecule is O=C(NCc1cccc(Cl)c1Cl)c1ccc(-c2cnc3[nH]cc(C(=O)O)c3n2)s1. The van der Waals surface area contributed by atoms with E-state index in [1.165, 1.54) is 23.7 Å². The molecule has 4 rings (SSSR count). The van der Waals surface area contributed by atoms with Crippen molar-refractivity contribution in [3.05, 3.63) is 68.8 Å². The lowest BCUT2D eigenvalue weighted by Gasteiger charge is -2.07. The van der Waals surface area contributed by atoms with Gasteiger partial charge in [-0.2, -0.15) is 0 Å². The summed E-state index contributed by atoms with van der Waals surface area (Å²) in [6.07, 6.45) is 2.88. The van der Waals surface area contributed by atoms with Crippen LogP contribution in [0.1, 0.15) is 25.6 Å². The van der Waals surface area contributed by atoms with Crippen LogP contribution in [0.15, 0.2) is 42.7 Å². The molecule has 146 valence electrons. The minimum atomic E-state index is -1.09. The van der Waals surface area contributed by atoms with Crippen molar-refractivity contribution in [3.8, 4) is 10.6 Å². The lowest BCUT2D eigenvalue weighted by molar-refractivity contribution is 0.0698. The van der Waals surface area contributed by atoms with Gasteiger partial charge in [0.1, 0.15) is 11.1 Å². The molecule has 0 aliphatic heterocycles. The first kappa shape index (κ1) is 19.4. The van der Waals surface area contributed by atoms with E-state index in [4.69, 9.17) is 23.2 Å². The number of carboxylic acid groups (broad SMARTS) is 1. The van der Waals surface area contributed by atoms with Gasteiger partial charge in [-0.25, -0.2) is 14.8 Å². The summed E-state index contributed by atoms with van der Waals surface area (Å²) in [5.74, 6) is -1.35. The highest BCUT2D eigenvalue weighted by Gasteiger charge is 2.16. The van der Waals surface area contributed by atoms with Crippen molar-refractivity contribution < 1.29 is 14.7 Å². The normalized spacial score (nSPS) is 11.0. The summed E-state index contributed by atoms with van der Waals surface area (Å²) in [6.45, 7) is 0.239. The van der Waals surface area contributed by atoms with Crippen LogP contribution < -0.4 is 5.32 Å². The number of fused-ring (bicyclic) bond motifs is 1. The van der Waals surface area contributed by atoms with Crippen LogP contribution in [0.5, 0.6) is 0 Å². The number of thiophene rings is 1. The Balaban J connectivity index is 1.54. The maximum atomic E-state index is 12.5. The largest absolute Gasteiger partial charge is 0.478 e. The van der Waals surface area contributed by atoms with Crippen LogP contribution in [-0.4, -0.2) is 31.9 Å². The maximum absolute atomic E-state index is 12.5. The van der Waals surface area contributed by atoms with E-state index in [1.807, 2.05) is 0 Å². The summed E-state index contributed by atoms with van der Waals surface area (Å²) in [5.41, 5.74) is 1.90. The standard InChI is InChI=1S/C19H12Cl2N4O3S/c20-11-3-1-2-9(15(11)21)6-24-18(26)14-5-4-13(29-14)12-8-23-17-16(25-12)10(7-22-17)19(27)28/h1-5,7-8H,6H2,(H,22,23)(H,24,26)(H,27,28). The van der Waals surface area contributed by atoms with E-state index in [0.717, 1.165) is 0 Å². The second-order valence-electron chi connectivity index (χ2n) is 6.02. The number of H-pyrrole nitrogens is 1. The Morgan fingerprint density at radius 3 is 2.83 bits per heavy atom. The zero-order valence-electron chi connectivity index (χ0n) is 14.6. The second-order valence-corrected chi connectivity index (χ2v) is 7.89. The van der Waals surface area contributed by atoms with E-state index in [1.54, 1.807) is 30.3 Å². The third-order valence-electron chi connectivity index (χ3n) is 4.16. The molecule has 4 aromatic rings. The van der Waals surface area contributed by atoms with Crippen LogP contribution in [0.3, 0.4) is 0 Å². The highest BCUT2D eigenvalue weighted by Crippen LogP contribution is 2.29. The molecule has 0 saturated carbocycles. The summed E-state index contributed by atoms with van der Waals surface area (Å²) < 4.78 is 0. The van der Waals surface area contributed by atoms with E-state index in [-0.39, 0.29) is 23.5 Å². The molecule has 1 amide bonds. The smallest absolute Gasteiger partial charge is 0.339 e. The second kappa shape index (κ2) is 7.82. The van der Waals surface area contributed by atoms with Crippen molar-refractivity contribution in [2.75, 3.05) is 0 Å². The molecule has 29 heavy (non-hydrogen) atoms. The molecule has 3 N–H and O–H groups in total. The lowest BCUT2D eigenvalue weighted by Crippen LogP contribution is -2.21. The molecule has 10 heteroatoms. The summed E-state index contributed by atoms with van der Waals surface area (Å²) in [7, 11) is 0. The molecule has 0 spiro atoms. The average molecular weight is 447 g/mol. The van der Waals surface area contributed by atoms with Gasteiger partial charge in [0.05, 0.1) is 31.7 Å². The van der Waals surface area contributed by atoms with Crippen molar-refractivity contribution >= 4 is 57.6 Å². The van der Waals surface area contributed by atoms with Crippen LogP contribution in [0, 0.1) is 0 Å². The van der Waals surface area contributed by atoms with Gasteiger partial charge in [0.2, 0.25) is 0 Å². The number of halogens is 2. The molecule has 0 radical (unpaired) electrons. The number of amides is 1. The molecule has 1 aromatic carbocycles. The van der Waals surface area contributed by atoms with Gasteiger partial charge in [-0.1, -0.05) is 35.3 Å². The topological polar surface area (TPSA) is 108 Å². The molecule has 0 atom stereocenters. The molecular weight excluding hydrogens is 435 g/mol. The zero-order valence-corrected chi connectivity index (χ0v) is 16.9. The molecule has 0 unspecified atom stereocenters. The number of hydrogen-bond donors (Lipinski definition) is 3. The Hall–Kier alpha value is -2.94. The van der Waals surface area contributed by atoms with Gasteiger partial charge in [0, 0.05) is 12.7 Å². The molecule has 0 aliphatic carbocycles. The quantitative estimate of drug-likeness (QED) is 0.414. The molecule has 3 heterocycles. The number of hydrogen-bond acceptors (Lipinski definition) is 5. The monoisotopic (exact) mass is 446 g/mol. The van der Waals surface area contributed by atoms with Gasteiger partial charge < -0.3 is 15.4 Å². The number of carbonyl (C=O) groups is 2. The van der Waals surface area contributed by atoms with Gasteiger partial charge in [-0.3, -0.25) is 4.79 Å². The zero-order chi connectivity index (χ0) is 20.5. The number of aromatic amines is 1. The Morgan fingerprint density at radius 2 is 2.03 bits per heavy atom. The van der Waals surface area contributed by atoms with Crippen molar-refractivity contribution in [1.82, 2.24) is 20.3 Å². The summed E-state index contributed by atoms with van der Waals surface area (Å²) in [5, 5.41) is 12.9. The van der Waals surface area contributed by atoms with Gasteiger partial charge in [-0.05, 0) is 23.8 Å². The van der Waals surface area contributed by atoms with Crippen molar-refractivity contribution in [3.63, 3.8) is 0 Å². The van der Waals surface area contributed by atoms with Crippen molar-refractivity contribution in [2.45, 2.75) is 6.54 Å². The maximum Gasteiger partial charge on any atom is 0.339 e. The lowest BCUT2D eigenvalue weighted by atomic mass is 10.2. The van der Waals surface area contributed by atoms with Crippen molar-refractivity contribution in [1.29, 1.82) is 0 Å². The Labute approximate surface area is 178 Å². The molecule has 0 aliphatic rings. The number of rotatable bonds is 5. The summed E-state index contributed by atoms with van der Waals surface area (Å²) in [4.78, 5) is 36.3. The van der Waals surface area contributed by atoms with Crippen molar-refractivity contribution in [2.24, 2.45) is 0 Å². The number of carbonyl (C=O) groups excluding carboxylic acids is 1. The molecule has 3 aromatic heterocycles. The Kier molecular flexibility index (Phi) is 5.23. The molecular formula is C19H12Cl2N4O3S. The minimum Gasteiger partial charge on any atom is -0.478 e. The van der Waals surface area contributed by atoms with Gasteiger partial charge >= 0.3 is 5.97 Å². The molecule has 0 fully saturated rings. The molecule has 7 nitrogen and oxygen atoms in total. The average Bonchev–Trinajstić information content (AvgIpc) is 3.35. The molecule has 0 saturated heterocycles. The number of benzene rings is 1. The van der Waals surface area contributed by atoms with E-state index >= 15 is 0 Å². The minimum absolute atomic E-state index is 0.0438. The van der Waals surface area contributed by atoms with Gasteiger partial charge in [0.15, 0.2) is 5.65 Å². The van der Waals surface area contributed by atoms with Crippen LogP contribution in [0.4, 0.5) is 0 Å². The fourth-order valence-electron chi connectivity index (χ4n) is 2.72. The van der Waals surface area contributed by atoms with Crippen LogP contribution >= 0.6 is 34.5 Å². The van der Waals surface area contributed by atoms with E-state index in [9.17, 15) is 14.7 Å². The Bertz CT molecular complexity index is 1250. The highest BCUT2D eigenvalue weighted by molar-refractivity contribution is 7.17. The van der Waals surface area contributed by atoms with Crippen LogP contribution in [0.2, 0.25) is 10.0 Å². The fraction of sp³-hybridized carbons (Fsp3) is 0.0526. The van der Waals surface area contributed by atoms with E-state index in [2.05, 4.69) is 20.3 Å². The van der Waals surface area contributed by atoms with E-state index < -0.39 is 5.97 Å². The molecule has 0 bridgehead atoms. The van der Waals surface area contributed by atoms with E-state index in [0.29, 0.717) is 36.7 Å². The summed E-state index contributed by atoms with van der Waals surface area (Å²) in [6, 6.07) is 8.65. The van der Waals surface area contributed by atoms with Crippen LogP contribution in [0.25, 0.3) is 21.7 Å². The number of nitrogens with one attached hydrogen (secondary N) is 2. The fourth-order valence-corrected chi connectivity index (χ4v) is 3.98. The third-order valence-corrected chi connectivity index (χ3v) is 6.13. The number of aromatic nitrogens is 3. The first-order chi connectivity index (χ1) is 13.9. The number of aromatic carboxylic acids is 1. The summed E-state index contributed by atoms with van der Waals surface area (Å²) >= 11 is 13.4. The predicted octanol–water partition coefficient (Wildman–Crippen LogP) is 4.62. The Morgan fingerprint density at radius 1 is 1.21 bits per heavy atom. The third kappa shape index (κ3) is 3.82. The number of carboxylic acids is 1. The van der Waals surface area contributed by atoms with Gasteiger partial charge in [-0.15, -0.1) is 11.3 Å². The highest BCUT2D eigenvalue weighted by atomic mass is 35.5. The van der Waals surface area contributed by atoms with Crippen LogP contribution in [-0.2, 0) is 6.54 Å². The predicted molar refractivity (Wildman–Crippen MR) is 112 cm³/mol.